The number of nitrogens with zero attached hydrogens (tertiary/aromatic N) is 2. The minimum absolute atomic E-state index is 0.0319. The van der Waals surface area contributed by atoms with Gasteiger partial charge in [-0.3, -0.25) is 4.79 Å². The second kappa shape index (κ2) is 10.8. The van der Waals surface area contributed by atoms with E-state index in [4.69, 9.17) is 9.47 Å². The summed E-state index contributed by atoms with van der Waals surface area (Å²) in [5.41, 5.74) is 1.92. The minimum atomic E-state index is -0.515. The highest BCUT2D eigenvalue weighted by molar-refractivity contribution is 6.02. The molecule has 1 unspecified atom stereocenters. The largest absolute Gasteiger partial charge is 0.506 e. The molecule has 0 saturated carbocycles. The van der Waals surface area contributed by atoms with E-state index in [1.165, 1.54) is 26.4 Å². The molecule has 2 N–H and O–H groups in total. The Morgan fingerprint density at radius 1 is 1.08 bits per heavy atom. The SMILES string of the molecule is CCCCc1nc(O)c(C(=O)N2CCC(c3ccc(F)cc3)C2)c(O)c1-c1c(OC)cccc1OC. The van der Waals surface area contributed by atoms with Crippen molar-refractivity contribution < 1.29 is 28.9 Å². The molecule has 0 aliphatic carbocycles. The molecule has 1 fully saturated rings. The summed E-state index contributed by atoms with van der Waals surface area (Å²) in [5.74, 6) is -0.758. The summed E-state index contributed by atoms with van der Waals surface area (Å²) in [6.07, 6.45) is 2.83. The minimum Gasteiger partial charge on any atom is -0.506 e. The Morgan fingerprint density at radius 2 is 1.75 bits per heavy atom. The van der Waals surface area contributed by atoms with Crippen LogP contribution < -0.4 is 9.47 Å². The van der Waals surface area contributed by atoms with Crippen LogP contribution in [0.25, 0.3) is 11.1 Å². The molecule has 0 bridgehead atoms. The lowest BCUT2D eigenvalue weighted by molar-refractivity contribution is 0.0783. The van der Waals surface area contributed by atoms with Crippen LogP contribution in [-0.4, -0.2) is 53.3 Å². The van der Waals surface area contributed by atoms with Crippen molar-refractivity contribution in [2.24, 2.45) is 0 Å². The first-order valence-electron chi connectivity index (χ1n) is 12.1. The van der Waals surface area contributed by atoms with E-state index in [9.17, 15) is 19.4 Å². The van der Waals surface area contributed by atoms with Gasteiger partial charge in [0.2, 0.25) is 5.88 Å². The first-order valence-corrected chi connectivity index (χ1v) is 12.1. The Kier molecular flexibility index (Phi) is 7.62. The lowest BCUT2D eigenvalue weighted by atomic mass is 9.95. The van der Waals surface area contributed by atoms with E-state index in [1.54, 1.807) is 35.2 Å². The zero-order chi connectivity index (χ0) is 25.8. The number of benzene rings is 2. The number of hydrogen-bond acceptors (Lipinski definition) is 6. The van der Waals surface area contributed by atoms with Gasteiger partial charge in [0.05, 0.1) is 31.0 Å². The predicted molar refractivity (Wildman–Crippen MR) is 134 cm³/mol. The summed E-state index contributed by atoms with van der Waals surface area (Å²) >= 11 is 0. The third kappa shape index (κ3) is 4.80. The fraction of sp³-hybridized carbons (Fsp3) is 0.357. The van der Waals surface area contributed by atoms with Crippen molar-refractivity contribution in [2.75, 3.05) is 27.3 Å². The van der Waals surface area contributed by atoms with Gasteiger partial charge >= 0.3 is 0 Å². The molecule has 2 aromatic carbocycles. The molecule has 1 aromatic heterocycles. The zero-order valence-electron chi connectivity index (χ0n) is 20.8. The quantitative estimate of drug-likeness (QED) is 0.442. The molecule has 3 aromatic rings. The van der Waals surface area contributed by atoms with E-state index < -0.39 is 11.8 Å². The van der Waals surface area contributed by atoms with Crippen LogP contribution in [0.5, 0.6) is 23.1 Å². The van der Waals surface area contributed by atoms with Crippen molar-refractivity contribution in [1.82, 2.24) is 9.88 Å². The van der Waals surface area contributed by atoms with Crippen LogP contribution in [0, 0.1) is 5.82 Å². The normalized spacial score (nSPS) is 15.2. The number of amides is 1. The maximum Gasteiger partial charge on any atom is 0.263 e. The van der Waals surface area contributed by atoms with Gasteiger partial charge in [-0.05, 0) is 49.1 Å². The Morgan fingerprint density at radius 3 is 2.36 bits per heavy atom. The van der Waals surface area contributed by atoms with Gasteiger partial charge in [0.25, 0.3) is 5.91 Å². The van der Waals surface area contributed by atoms with Crippen molar-refractivity contribution in [3.63, 3.8) is 0 Å². The Hall–Kier alpha value is -3.81. The molecule has 1 amide bonds. The smallest absolute Gasteiger partial charge is 0.263 e. The number of rotatable bonds is 8. The first kappa shape index (κ1) is 25.3. The number of carbonyl (C=O) groups is 1. The van der Waals surface area contributed by atoms with Gasteiger partial charge in [-0.25, -0.2) is 9.37 Å². The van der Waals surface area contributed by atoms with Crippen LogP contribution >= 0.6 is 0 Å². The van der Waals surface area contributed by atoms with Crippen LogP contribution in [0.4, 0.5) is 4.39 Å². The molecule has 1 atom stereocenters. The molecule has 1 aliphatic heterocycles. The number of aromatic nitrogens is 1. The number of halogens is 1. The van der Waals surface area contributed by atoms with Crippen LogP contribution in [0.2, 0.25) is 0 Å². The monoisotopic (exact) mass is 494 g/mol. The molecule has 1 aliphatic rings. The van der Waals surface area contributed by atoms with Gasteiger partial charge in [-0.2, -0.15) is 0 Å². The number of aromatic hydroxyl groups is 2. The van der Waals surface area contributed by atoms with E-state index in [-0.39, 0.29) is 23.0 Å². The Balaban J connectivity index is 1.77. The topological polar surface area (TPSA) is 92.1 Å². The molecule has 4 rings (SSSR count). The molecular formula is C28H31FN2O5. The molecular weight excluding hydrogens is 463 g/mol. The summed E-state index contributed by atoms with van der Waals surface area (Å²) in [7, 11) is 3.03. The van der Waals surface area contributed by atoms with Crippen molar-refractivity contribution >= 4 is 5.91 Å². The fourth-order valence-electron chi connectivity index (χ4n) is 4.80. The van der Waals surface area contributed by atoms with Gasteiger partial charge in [0.15, 0.2) is 0 Å². The van der Waals surface area contributed by atoms with Gasteiger partial charge < -0.3 is 24.6 Å². The highest BCUT2D eigenvalue weighted by atomic mass is 19.1. The first-order chi connectivity index (χ1) is 17.4. The highest BCUT2D eigenvalue weighted by Crippen LogP contribution is 2.47. The molecule has 7 nitrogen and oxygen atoms in total. The number of pyridine rings is 1. The maximum absolute atomic E-state index is 13.6. The number of carbonyl (C=O) groups excluding carboxylic acids is 1. The van der Waals surface area contributed by atoms with Crippen LogP contribution in [0.15, 0.2) is 42.5 Å². The number of aryl methyl sites for hydroxylation is 1. The van der Waals surface area contributed by atoms with E-state index in [2.05, 4.69) is 4.98 Å². The van der Waals surface area contributed by atoms with E-state index >= 15 is 0 Å². The van der Waals surface area contributed by atoms with Crippen molar-refractivity contribution in [3.8, 4) is 34.3 Å². The molecule has 0 radical (unpaired) electrons. The number of methoxy groups -OCH3 is 2. The molecule has 2 heterocycles. The summed E-state index contributed by atoms with van der Waals surface area (Å²) in [4.78, 5) is 19.5. The van der Waals surface area contributed by atoms with Crippen molar-refractivity contribution in [1.29, 1.82) is 0 Å². The average Bonchev–Trinajstić information content (AvgIpc) is 3.38. The zero-order valence-corrected chi connectivity index (χ0v) is 20.8. The van der Waals surface area contributed by atoms with E-state index in [1.807, 2.05) is 6.92 Å². The summed E-state index contributed by atoms with van der Waals surface area (Å²) in [6.45, 7) is 2.85. The number of likely N-dealkylation sites (tertiary alicyclic amines) is 1. The van der Waals surface area contributed by atoms with E-state index in [0.717, 1.165) is 18.4 Å². The number of ether oxygens (including phenoxy) is 2. The summed E-state index contributed by atoms with van der Waals surface area (Å²) in [6, 6.07) is 11.5. The summed E-state index contributed by atoms with van der Waals surface area (Å²) in [5, 5.41) is 22.3. The Labute approximate surface area is 210 Å². The maximum atomic E-state index is 13.6. The van der Waals surface area contributed by atoms with Crippen LogP contribution in [0.3, 0.4) is 0 Å². The lowest BCUT2D eigenvalue weighted by Crippen LogP contribution is -2.29. The molecule has 36 heavy (non-hydrogen) atoms. The second-order valence-electron chi connectivity index (χ2n) is 8.91. The lowest BCUT2D eigenvalue weighted by Gasteiger charge is -2.22. The standard InChI is InChI=1S/C28H31FN2O5/c1-4-5-7-20-23(24-21(35-2)8-6-9-22(24)36-3)26(32)25(27(33)30-20)28(34)31-15-14-18(16-31)17-10-12-19(29)13-11-17/h6,8-13,18H,4-5,7,14-16H2,1-3H3,(H2,30,32,33). The van der Waals surface area contributed by atoms with Gasteiger partial charge in [0, 0.05) is 19.0 Å². The molecule has 190 valence electrons. The second-order valence-corrected chi connectivity index (χ2v) is 8.91. The third-order valence-corrected chi connectivity index (χ3v) is 6.70. The number of unbranched alkanes of at least 4 members (excludes halogenated alkanes) is 1. The fourth-order valence-corrected chi connectivity index (χ4v) is 4.80. The molecule has 8 heteroatoms. The van der Waals surface area contributed by atoms with Crippen molar-refractivity contribution in [2.45, 2.75) is 38.5 Å². The molecule has 1 saturated heterocycles. The van der Waals surface area contributed by atoms with Gasteiger partial charge in [-0.1, -0.05) is 31.5 Å². The number of hydrogen-bond donors (Lipinski definition) is 2. The Bertz CT molecular complexity index is 1220. The summed E-state index contributed by atoms with van der Waals surface area (Å²) < 4.78 is 24.5. The molecule has 0 spiro atoms. The van der Waals surface area contributed by atoms with Gasteiger partial charge in [-0.15, -0.1) is 0 Å². The average molecular weight is 495 g/mol. The van der Waals surface area contributed by atoms with E-state index in [0.29, 0.717) is 54.3 Å². The van der Waals surface area contributed by atoms with Crippen LogP contribution in [0.1, 0.15) is 53.7 Å². The van der Waals surface area contributed by atoms with Crippen molar-refractivity contribution in [3.05, 3.63) is 65.1 Å². The van der Waals surface area contributed by atoms with Gasteiger partial charge in [0.1, 0.15) is 28.6 Å². The van der Waals surface area contributed by atoms with Crippen LogP contribution in [-0.2, 0) is 6.42 Å². The third-order valence-electron chi connectivity index (χ3n) is 6.70. The highest BCUT2D eigenvalue weighted by Gasteiger charge is 2.34. The predicted octanol–water partition coefficient (Wildman–Crippen LogP) is 5.29.